The van der Waals surface area contributed by atoms with Gasteiger partial charge in [-0.15, -0.1) is 0 Å². The molecule has 3 aliphatic rings. The maximum absolute atomic E-state index is 12.5. The summed E-state index contributed by atoms with van der Waals surface area (Å²) >= 11 is 0. The average Bonchev–Trinajstić information content (AvgIpc) is 3.09. The van der Waals surface area contributed by atoms with E-state index in [1.165, 1.54) is 4.90 Å². The van der Waals surface area contributed by atoms with E-state index in [2.05, 4.69) is 5.32 Å². The summed E-state index contributed by atoms with van der Waals surface area (Å²) in [6.45, 7) is 2.67. The van der Waals surface area contributed by atoms with E-state index in [0.29, 0.717) is 35.1 Å². The van der Waals surface area contributed by atoms with Gasteiger partial charge in [-0.3, -0.25) is 14.5 Å². The Morgan fingerprint density at radius 2 is 1.64 bits per heavy atom. The van der Waals surface area contributed by atoms with Gasteiger partial charge < -0.3 is 14.8 Å². The zero-order valence-corrected chi connectivity index (χ0v) is 12.3. The Labute approximate surface area is 128 Å². The fraction of sp³-hybridized carbons (Fsp3) is 0.500. The lowest BCUT2D eigenvalue weighted by molar-refractivity contribution is 0.0642. The number of fused-ring (bicyclic) bond motifs is 2. The molecule has 0 spiro atoms. The highest BCUT2D eigenvalue weighted by Gasteiger charge is 2.37. The van der Waals surface area contributed by atoms with Gasteiger partial charge in [-0.25, -0.2) is 0 Å². The molecule has 1 N–H and O–H groups in total. The van der Waals surface area contributed by atoms with Crippen LogP contribution in [0.25, 0.3) is 0 Å². The van der Waals surface area contributed by atoms with Gasteiger partial charge in [0.2, 0.25) is 6.79 Å². The normalized spacial score (nSPS) is 20.6. The summed E-state index contributed by atoms with van der Waals surface area (Å²) in [5.41, 5.74) is 0.860. The Bertz CT molecular complexity index is 594. The molecule has 0 unspecified atom stereocenters. The predicted molar refractivity (Wildman–Crippen MR) is 78.1 cm³/mol. The number of benzene rings is 1. The Hall–Kier alpha value is -2.08. The molecule has 3 heterocycles. The number of hydrogen-bond acceptors (Lipinski definition) is 5. The van der Waals surface area contributed by atoms with Crippen LogP contribution in [-0.2, 0) is 0 Å². The average molecular weight is 302 g/mol. The largest absolute Gasteiger partial charge is 0.454 e. The number of nitrogens with zero attached hydrogens (tertiary/aromatic N) is 1. The van der Waals surface area contributed by atoms with Crippen molar-refractivity contribution in [3.8, 4) is 11.5 Å². The van der Waals surface area contributed by atoms with E-state index in [1.54, 1.807) is 12.1 Å². The van der Waals surface area contributed by atoms with E-state index < -0.39 is 0 Å². The van der Waals surface area contributed by atoms with E-state index in [-0.39, 0.29) is 18.6 Å². The van der Waals surface area contributed by atoms with Gasteiger partial charge in [-0.2, -0.15) is 0 Å². The molecule has 0 bridgehead atoms. The molecule has 116 valence electrons. The highest BCUT2D eigenvalue weighted by Crippen LogP contribution is 2.38. The first-order valence-electron chi connectivity index (χ1n) is 7.74. The Morgan fingerprint density at radius 1 is 1.05 bits per heavy atom. The molecule has 2 amide bonds. The van der Waals surface area contributed by atoms with Crippen molar-refractivity contribution in [2.24, 2.45) is 5.92 Å². The number of ether oxygens (including phenoxy) is 2. The van der Waals surface area contributed by atoms with Crippen molar-refractivity contribution in [1.29, 1.82) is 0 Å². The zero-order chi connectivity index (χ0) is 15.1. The van der Waals surface area contributed by atoms with Crippen LogP contribution in [-0.4, -0.2) is 43.1 Å². The van der Waals surface area contributed by atoms with Gasteiger partial charge in [0.05, 0.1) is 11.1 Å². The minimum Gasteiger partial charge on any atom is -0.454 e. The lowest BCUT2D eigenvalue weighted by atomic mass is 9.94. The summed E-state index contributed by atoms with van der Waals surface area (Å²) in [6, 6.07) is 3.25. The van der Waals surface area contributed by atoms with Crippen molar-refractivity contribution in [2.45, 2.75) is 19.3 Å². The summed E-state index contributed by atoms with van der Waals surface area (Å²) in [5, 5.41) is 3.32. The third-order valence-electron chi connectivity index (χ3n) is 4.68. The number of imide groups is 1. The van der Waals surface area contributed by atoms with Gasteiger partial charge in [-0.05, 0) is 50.4 Å². The summed E-state index contributed by atoms with van der Waals surface area (Å²) in [5.74, 6) is 1.24. The van der Waals surface area contributed by atoms with Crippen LogP contribution in [0.4, 0.5) is 0 Å². The van der Waals surface area contributed by atoms with Crippen LogP contribution in [0.2, 0.25) is 0 Å². The first-order chi connectivity index (χ1) is 10.7. The van der Waals surface area contributed by atoms with E-state index in [4.69, 9.17) is 9.47 Å². The minimum atomic E-state index is -0.216. The fourth-order valence-corrected chi connectivity index (χ4v) is 3.36. The van der Waals surface area contributed by atoms with Crippen molar-refractivity contribution in [3.05, 3.63) is 23.3 Å². The third kappa shape index (κ3) is 2.14. The second-order valence-corrected chi connectivity index (χ2v) is 6.00. The van der Waals surface area contributed by atoms with Crippen LogP contribution >= 0.6 is 0 Å². The standard InChI is InChI=1S/C16H18N2O4/c19-15-11-7-13-14(22-9-21-13)8-12(11)16(20)18(15)6-3-10-1-4-17-5-2-10/h7-8,10,17H,1-6,9H2. The molecule has 0 atom stereocenters. The molecule has 6 heteroatoms. The molecule has 6 nitrogen and oxygen atoms in total. The summed E-state index contributed by atoms with van der Waals surface area (Å²) in [4.78, 5) is 26.3. The predicted octanol–water partition coefficient (Wildman–Crippen LogP) is 1.40. The number of piperidine rings is 1. The molecule has 0 saturated carbocycles. The maximum Gasteiger partial charge on any atom is 0.261 e. The van der Waals surface area contributed by atoms with Gasteiger partial charge >= 0.3 is 0 Å². The highest BCUT2D eigenvalue weighted by atomic mass is 16.7. The van der Waals surface area contributed by atoms with Gasteiger partial charge in [0, 0.05) is 6.54 Å². The molecule has 0 aromatic heterocycles. The third-order valence-corrected chi connectivity index (χ3v) is 4.68. The maximum atomic E-state index is 12.5. The first kappa shape index (κ1) is 13.6. The smallest absolute Gasteiger partial charge is 0.261 e. The van der Waals surface area contributed by atoms with Crippen molar-refractivity contribution in [3.63, 3.8) is 0 Å². The van der Waals surface area contributed by atoms with Crippen molar-refractivity contribution in [1.82, 2.24) is 10.2 Å². The molecule has 3 aliphatic heterocycles. The van der Waals surface area contributed by atoms with Crippen LogP contribution in [0.15, 0.2) is 12.1 Å². The molecule has 0 aliphatic carbocycles. The summed E-state index contributed by atoms with van der Waals surface area (Å²) < 4.78 is 10.6. The van der Waals surface area contributed by atoms with E-state index >= 15 is 0 Å². The number of amides is 2. The van der Waals surface area contributed by atoms with Crippen LogP contribution in [0.3, 0.4) is 0 Å². The van der Waals surface area contributed by atoms with Crippen LogP contribution in [0, 0.1) is 5.92 Å². The number of carbonyl (C=O) groups is 2. The summed E-state index contributed by atoms with van der Waals surface area (Å²) in [7, 11) is 0. The first-order valence-corrected chi connectivity index (χ1v) is 7.74. The zero-order valence-electron chi connectivity index (χ0n) is 12.3. The quantitative estimate of drug-likeness (QED) is 0.855. The SMILES string of the molecule is O=C1c2cc3c(cc2C(=O)N1CCC1CCNCC1)OCO3. The molecule has 22 heavy (non-hydrogen) atoms. The molecule has 0 radical (unpaired) electrons. The second kappa shape index (κ2) is 5.28. The van der Waals surface area contributed by atoms with Gasteiger partial charge in [0.15, 0.2) is 11.5 Å². The number of carbonyl (C=O) groups excluding carboxylic acids is 2. The number of nitrogens with one attached hydrogen (secondary N) is 1. The molecule has 1 fully saturated rings. The summed E-state index contributed by atoms with van der Waals surface area (Å²) in [6.07, 6.45) is 3.10. The van der Waals surface area contributed by atoms with Gasteiger partial charge in [0.1, 0.15) is 0 Å². The Balaban J connectivity index is 1.51. The van der Waals surface area contributed by atoms with Gasteiger partial charge in [-0.1, -0.05) is 0 Å². The number of rotatable bonds is 3. The fourth-order valence-electron chi connectivity index (χ4n) is 3.36. The van der Waals surface area contributed by atoms with Crippen LogP contribution in [0.5, 0.6) is 11.5 Å². The van der Waals surface area contributed by atoms with E-state index in [0.717, 1.165) is 32.4 Å². The topological polar surface area (TPSA) is 67.9 Å². The highest BCUT2D eigenvalue weighted by molar-refractivity contribution is 6.21. The van der Waals surface area contributed by atoms with E-state index in [9.17, 15) is 9.59 Å². The Morgan fingerprint density at radius 3 is 2.23 bits per heavy atom. The molecule has 4 rings (SSSR count). The molecule has 1 aromatic carbocycles. The second-order valence-electron chi connectivity index (χ2n) is 6.00. The molecule has 1 aromatic rings. The van der Waals surface area contributed by atoms with Crippen LogP contribution in [0.1, 0.15) is 40.0 Å². The van der Waals surface area contributed by atoms with Gasteiger partial charge in [0.25, 0.3) is 11.8 Å². The van der Waals surface area contributed by atoms with Crippen molar-refractivity contribution in [2.75, 3.05) is 26.4 Å². The molecule has 1 saturated heterocycles. The Kier molecular flexibility index (Phi) is 3.26. The molecular weight excluding hydrogens is 284 g/mol. The van der Waals surface area contributed by atoms with Crippen LogP contribution < -0.4 is 14.8 Å². The number of hydrogen-bond donors (Lipinski definition) is 1. The lowest BCUT2D eigenvalue weighted by Gasteiger charge is -2.24. The molecular formula is C16H18N2O4. The van der Waals surface area contributed by atoms with E-state index in [1.807, 2.05) is 0 Å². The van der Waals surface area contributed by atoms with Crippen molar-refractivity contribution < 1.29 is 19.1 Å². The van der Waals surface area contributed by atoms with Crippen molar-refractivity contribution >= 4 is 11.8 Å². The lowest BCUT2D eigenvalue weighted by Crippen LogP contribution is -2.34. The monoisotopic (exact) mass is 302 g/mol. The minimum absolute atomic E-state index is 0.139.